The van der Waals surface area contributed by atoms with E-state index in [-0.39, 0.29) is 17.7 Å². The van der Waals surface area contributed by atoms with Gasteiger partial charge < -0.3 is 5.32 Å². The summed E-state index contributed by atoms with van der Waals surface area (Å²) < 4.78 is 27.9. The van der Waals surface area contributed by atoms with Crippen LogP contribution in [0.3, 0.4) is 0 Å². The van der Waals surface area contributed by atoms with Crippen molar-refractivity contribution in [3.05, 3.63) is 66.2 Å². The molecule has 2 aliphatic rings. The summed E-state index contributed by atoms with van der Waals surface area (Å²) in [5.74, 6) is 0.0149. The molecule has 4 rings (SSSR count). The van der Waals surface area contributed by atoms with E-state index in [4.69, 9.17) is 0 Å². The quantitative estimate of drug-likeness (QED) is 0.747. The van der Waals surface area contributed by atoms with Crippen molar-refractivity contribution in [2.75, 3.05) is 31.5 Å². The molecule has 1 amide bonds. The Morgan fingerprint density at radius 3 is 2.32 bits per heavy atom. The predicted octanol–water partition coefficient (Wildman–Crippen LogP) is 3.33. The Labute approximate surface area is 185 Å². The molecule has 1 N–H and O–H groups in total. The molecule has 0 radical (unpaired) electrons. The maximum Gasteiger partial charge on any atom is 0.232 e. The van der Waals surface area contributed by atoms with E-state index in [1.807, 2.05) is 60.7 Å². The molecule has 2 atom stereocenters. The van der Waals surface area contributed by atoms with Crippen molar-refractivity contribution >= 4 is 21.6 Å². The molecule has 0 bridgehead atoms. The van der Waals surface area contributed by atoms with Crippen molar-refractivity contribution in [2.45, 2.75) is 38.0 Å². The van der Waals surface area contributed by atoms with Gasteiger partial charge >= 0.3 is 0 Å². The molecule has 7 heteroatoms. The van der Waals surface area contributed by atoms with Crippen molar-refractivity contribution < 1.29 is 13.2 Å². The van der Waals surface area contributed by atoms with Crippen molar-refractivity contribution in [2.24, 2.45) is 5.41 Å². The van der Waals surface area contributed by atoms with Crippen LogP contribution >= 0.6 is 0 Å². The molecule has 2 fully saturated rings. The SMILES string of the molecule is CCN1CC[C@@]2(C(=O)Nc3ccccc3)CCN(S(=O)(=O)Cc3ccccc3)CC[C@@H]12. The van der Waals surface area contributed by atoms with Crippen molar-refractivity contribution in [1.82, 2.24) is 9.21 Å². The van der Waals surface area contributed by atoms with E-state index in [1.165, 1.54) is 0 Å². The van der Waals surface area contributed by atoms with Crippen LogP contribution in [-0.2, 0) is 20.6 Å². The van der Waals surface area contributed by atoms with Crippen LogP contribution in [0, 0.1) is 5.41 Å². The van der Waals surface area contributed by atoms with Gasteiger partial charge in [0.2, 0.25) is 15.9 Å². The number of likely N-dealkylation sites (tertiary alicyclic amines) is 1. The van der Waals surface area contributed by atoms with E-state index in [9.17, 15) is 13.2 Å². The molecule has 2 aliphatic heterocycles. The molecule has 0 aliphatic carbocycles. The Morgan fingerprint density at radius 1 is 1.00 bits per heavy atom. The molecule has 2 saturated heterocycles. The Kier molecular flexibility index (Phi) is 6.46. The molecule has 0 saturated carbocycles. The summed E-state index contributed by atoms with van der Waals surface area (Å²) in [6, 6.07) is 18.9. The Morgan fingerprint density at radius 2 is 1.65 bits per heavy atom. The third-order valence-corrected chi connectivity index (χ3v) is 8.71. The van der Waals surface area contributed by atoms with Crippen molar-refractivity contribution in [1.29, 1.82) is 0 Å². The molecule has 0 aromatic heterocycles. The highest BCUT2D eigenvalue weighted by Gasteiger charge is 2.53. The normalized spacial score (nSPS) is 25.0. The number of sulfonamides is 1. The van der Waals surface area contributed by atoms with E-state index in [2.05, 4.69) is 17.1 Å². The zero-order valence-corrected chi connectivity index (χ0v) is 18.9. The molecule has 2 aromatic rings. The smallest absolute Gasteiger partial charge is 0.232 e. The molecule has 2 heterocycles. The highest BCUT2D eigenvalue weighted by atomic mass is 32.2. The first-order chi connectivity index (χ1) is 14.9. The van der Waals surface area contributed by atoms with Gasteiger partial charge in [-0.25, -0.2) is 12.7 Å². The van der Waals surface area contributed by atoms with Crippen LogP contribution in [0.15, 0.2) is 60.7 Å². The summed E-state index contributed by atoms with van der Waals surface area (Å²) in [6.07, 6.45) is 1.97. The Hall–Kier alpha value is -2.22. The van der Waals surface area contributed by atoms with Crippen molar-refractivity contribution in [3.63, 3.8) is 0 Å². The highest BCUT2D eigenvalue weighted by molar-refractivity contribution is 7.88. The second-order valence-corrected chi connectivity index (χ2v) is 10.5. The maximum atomic E-state index is 13.5. The summed E-state index contributed by atoms with van der Waals surface area (Å²) >= 11 is 0. The number of benzene rings is 2. The number of para-hydroxylation sites is 1. The second kappa shape index (κ2) is 9.10. The zero-order valence-electron chi connectivity index (χ0n) is 18.0. The lowest BCUT2D eigenvalue weighted by Crippen LogP contribution is -2.47. The molecule has 2 aromatic carbocycles. The molecular formula is C24H31N3O3S. The largest absolute Gasteiger partial charge is 0.326 e. The van der Waals surface area contributed by atoms with E-state index in [0.29, 0.717) is 25.9 Å². The molecule has 6 nitrogen and oxygen atoms in total. The van der Waals surface area contributed by atoms with Gasteiger partial charge in [-0.15, -0.1) is 0 Å². The van der Waals surface area contributed by atoms with Gasteiger partial charge in [-0.05, 0) is 50.0 Å². The minimum Gasteiger partial charge on any atom is -0.326 e. The van der Waals surface area contributed by atoms with Gasteiger partial charge in [-0.1, -0.05) is 55.5 Å². The predicted molar refractivity (Wildman–Crippen MR) is 123 cm³/mol. The fourth-order valence-electron chi connectivity index (χ4n) is 5.16. The number of hydrogen-bond acceptors (Lipinski definition) is 4. The summed E-state index contributed by atoms with van der Waals surface area (Å²) in [4.78, 5) is 15.9. The van der Waals surface area contributed by atoms with Crippen LogP contribution in [0.4, 0.5) is 5.69 Å². The lowest BCUT2D eigenvalue weighted by atomic mass is 9.75. The van der Waals surface area contributed by atoms with Gasteiger partial charge in [0.1, 0.15) is 0 Å². The number of hydrogen-bond donors (Lipinski definition) is 1. The summed E-state index contributed by atoms with van der Waals surface area (Å²) in [7, 11) is -3.44. The Balaban J connectivity index is 1.56. The number of nitrogens with one attached hydrogen (secondary N) is 1. The minimum absolute atomic E-state index is 0.000783. The van der Waals surface area contributed by atoms with Crippen LogP contribution < -0.4 is 5.32 Å². The first-order valence-corrected chi connectivity index (χ1v) is 12.7. The van der Waals surface area contributed by atoms with E-state index in [1.54, 1.807) is 4.31 Å². The number of carbonyl (C=O) groups is 1. The highest BCUT2D eigenvalue weighted by Crippen LogP contribution is 2.45. The van der Waals surface area contributed by atoms with Crippen LogP contribution in [0.25, 0.3) is 0 Å². The maximum absolute atomic E-state index is 13.5. The summed E-state index contributed by atoms with van der Waals surface area (Å²) in [6.45, 7) is 4.68. The van der Waals surface area contributed by atoms with Crippen LogP contribution in [0.5, 0.6) is 0 Å². The van der Waals surface area contributed by atoms with Crippen LogP contribution in [0.1, 0.15) is 31.7 Å². The topological polar surface area (TPSA) is 69.7 Å². The first-order valence-electron chi connectivity index (χ1n) is 11.1. The zero-order chi connectivity index (χ0) is 21.9. The molecule has 0 unspecified atom stereocenters. The van der Waals surface area contributed by atoms with Crippen LogP contribution in [-0.4, -0.2) is 55.8 Å². The average molecular weight is 442 g/mol. The van der Waals surface area contributed by atoms with E-state index in [0.717, 1.165) is 30.8 Å². The monoisotopic (exact) mass is 441 g/mol. The first kappa shape index (κ1) is 22.0. The number of fused-ring (bicyclic) bond motifs is 1. The molecule has 31 heavy (non-hydrogen) atoms. The number of anilines is 1. The van der Waals surface area contributed by atoms with Crippen molar-refractivity contribution in [3.8, 4) is 0 Å². The minimum atomic E-state index is -3.44. The summed E-state index contributed by atoms with van der Waals surface area (Å²) in [5, 5.41) is 3.11. The number of carbonyl (C=O) groups excluding carboxylic acids is 1. The number of amides is 1. The van der Waals surface area contributed by atoms with Gasteiger partial charge in [0.25, 0.3) is 0 Å². The molecule has 0 spiro atoms. The van der Waals surface area contributed by atoms with Gasteiger partial charge in [-0.3, -0.25) is 9.69 Å². The standard InChI is InChI=1S/C24H31N3O3S/c1-2-26-17-14-24(23(28)25-21-11-7-4-8-12-21)15-18-27(16-13-22(24)26)31(29,30)19-20-9-5-3-6-10-20/h3-12,22H,2,13-19H2,1H3,(H,25,28)/t22-,24-/m1/s1. The van der Waals surface area contributed by atoms with Gasteiger partial charge in [-0.2, -0.15) is 0 Å². The van der Waals surface area contributed by atoms with Gasteiger partial charge in [0.15, 0.2) is 0 Å². The third kappa shape index (κ3) is 4.54. The van der Waals surface area contributed by atoms with Crippen LogP contribution in [0.2, 0.25) is 0 Å². The van der Waals surface area contributed by atoms with Gasteiger partial charge in [0.05, 0.1) is 11.2 Å². The fourth-order valence-corrected chi connectivity index (χ4v) is 6.71. The average Bonchev–Trinajstić information content (AvgIpc) is 3.01. The summed E-state index contributed by atoms with van der Waals surface area (Å²) in [5.41, 5.74) is 1.01. The molecular weight excluding hydrogens is 410 g/mol. The third-order valence-electron chi connectivity index (χ3n) is 6.86. The van der Waals surface area contributed by atoms with E-state index < -0.39 is 15.4 Å². The molecule has 166 valence electrons. The number of nitrogens with zero attached hydrogens (tertiary/aromatic N) is 2. The fraction of sp³-hybridized carbons (Fsp3) is 0.458. The second-order valence-electron chi connectivity index (χ2n) is 8.55. The Bertz CT molecular complexity index is 997. The lowest BCUT2D eigenvalue weighted by Gasteiger charge is -2.35. The lowest BCUT2D eigenvalue weighted by molar-refractivity contribution is -0.127. The van der Waals surface area contributed by atoms with Gasteiger partial charge in [0, 0.05) is 24.8 Å². The van der Waals surface area contributed by atoms with E-state index >= 15 is 0 Å². The number of rotatable bonds is 6.